The maximum absolute atomic E-state index is 10.6. The van der Waals surface area contributed by atoms with Crippen LogP contribution >= 0.6 is 0 Å². The number of ether oxygens (including phenoxy) is 3. The molecule has 9 atom stereocenters. The molecule has 24 heavy (non-hydrogen) atoms. The van der Waals surface area contributed by atoms with E-state index in [0.29, 0.717) is 18.4 Å². The van der Waals surface area contributed by atoms with Crippen LogP contribution in [0.2, 0.25) is 0 Å². The molecule has 0 aromatic carbocycles. The van der Waals surface area contributed by atoms with Gasteiger partial charge in [0.25, 0.3) is 0 Å². The molecule has 0 aliphatic carbocycles. The summed E-state index contributed by atoms with van der Waals surface area (Å²) in [5.41, 5.74) is -0.984. The fraction of sp³-hybridized carbons (Fsp3) is 0.875. The first-order chi connectivity index (χ1) is 11.2. The summed E-state index contributed by atoms with van der Waals surface area (Å²) >= 11 is 0. The summed E-state index contributed by atoms with van der Waals surface area (Å²) in [6.07, 6.45) is -7.44. The van der Waals surface area contributed by atoms with Gasteiger partial charge in [0.15, 0.2) is 6.29 Å². The Labute approximate surface area is 140 Å². The molecular weight excluding hydrogens is 320 g/mol. The number of aliphatic hydroxyl groups excluding tert-OH is 5. The van der Waals surface area contributed by atoms with Crippen LogP contribution in [0.25, 0.3) is 0 Å². The summed E-state index contributed by atoms with van der Waals surface area (Å²) in [7, 11) is 0. The van der Waals surface area contributed by atoms with Crippen molar-refractivity contribution in [1.29, 1.82) is 0 Å². The molecule has 8 heteroatoms. The lowest BCUT2D eigenvalue weighted by molar-refractivity contribution is -0.321. The van der Waals surface area contributed by atoms with E-state index >= 15 is 0 Å². The van der Waals surface area contributed by atoms with Gasteiger partial charge in [-0.15, -0.1) is 0 Å². The molecular formula is C16H26O8. The fourth-order valence-electron chi connectivity index (χ4n) is 3.99. The first-order valence-electron chi connectivity index (χ1n) is 8.16. The van der Waals surface area contributed by atoms with Crippen molar-refractivity contribution < 1.29 is 39.7 Å². The molecule has 2 bridgehead atoms. The number of rotatable bonds is 4. The lowest BCUT2D eigenvalue weighted by atomic mass is 9.75. The Balaban J connectivity index is 1.83. The zero-order valence-corrected chi connectivity index (χ0v) is 13.8. The first kappa shape index (κ1) is 18.2. The molecule has 3 aliphatic heterocycles. The third-order valence-electron chi connectivity index (χ3n) is 5.63. The highest BCUT2D eigenvalue weighted by molar-refractivity contribution is 5.27. The molecule has 8 nitrogen and oxygen atoms in total. The second kappa shape index (κ2) is 6.00. The van der Waals surface area contributed by atoms with E-state index in [2.05, 4.69) is 6.58 Å². The normalized spacial score (nSPS) is 54.2. The van der Waals surface area contributed by atoms with Gasteiger partial charge < -0.3 is 39.7 Å². The van der Waals surface area contributed by atoms with Gasteiger partial charge in [0, 0.05) is 0 Å². The van der Waals surface area contributed by atoms with Crippen LogP contribution in [0.1, 0.15) is 26.7 Å². The average Bonchev–Trinajstić information content (AvgIpc) is 3.00. The molecule has 3 fully saturated rings. The second-order valence-corrected chi connectivity index (χ2v) is 7.28. The highest BCUT2D eigenvalue weighted by Gasteiger charge is 2.67. The van der Waals surface area contributed by atoms with Gasteiger partial charge in [0.05, 0.1) is 12.2 Å². The van der Waals surface area contributed by atoms with Crippen molar-refractivity contribution in [3.63, 3.8) is 0 Å². The lowest BCUT2D eigenvalue weighted by Gasteiger charge is -2.43. The molecule has 0 aromatic heterocycles. The average molecular weight is 346 g/mol. The summed E-state index contributed by atoms with van der Waals surface area (Å²) in [6.45, 7) is 6.98. The van der Waals surface area contributed by atoms with E-state index in [1.54, 1.807) is 13.8 Å². The van der Waals surface area contributed by atoms with Crippen LogP contribution in [-0.2, 0) is 14.2 Å². The van der Waals surface area contributed by atoms with E-state index in [1.807, 2.05) is 0 Å². The minimum absolute atomic E-state index is 0.544. The molecule has 0 radical (unpaired) electrons. The van der Waals surface area contributed by atoms with Crippen LogP contribution in [-0.4, -0.2) is 86.3 Å². The van der Waals surface area contributed by atoms with Crippen LogP contribution < -0.4 is 0 Å². The van der Waals surface area contributed by atoms with Gasteiger partial charge in [-0.2, -0.15) is 0 Å². The largest absolute Gasteiger partial charge is 0.394 e. The van der Waals surface area contributed by atoms with Gasteiger partial charge in [-0.1, -0.05) is 6.58 Å². The number of fused-ring (bicyclic) bond motifs is 2. The van der Waals surface area contributed by atoms with Crippen molar-refractivity contribution in [3.05, 3.63) is 12.2 Å². The Kier molecular flexibility index (Phi) is 4.55. The van der Waals surface area contributed by atoms with E-state index in [-0.39, 0.29) is 0 Å². The van der Waals surface area contributed by atoms with Crippen molar-refractivity contribution in [1.82, 2.24) is 0 Å². The minimum Gasteiger partial charge on any atom is -0.394 e. The molecule has 0 spiro atoms. The molecule has 0 unspecified atom stereocenters. The molecule has 3 aliphatic rings. The van der Waals surface area contributed by atoms with E-state index in [1.165, 1.54) is 0 Å². The van der Waals surface area contributed by atoms with Gasteiger partial charge in [0.2, 0.25) is 0 Å². The smallest absolute Gasteiger partial charge is 0.187 e. The summed E-state index contributed by atoms with van der Waals surface area (Å²) in [4.78, 5) is 0. The Hall–Kier alpha value is -0.580. The van der Waals surface area contributed by atoms with Gasteiger partial charge in [-0.3, -0.25) is 0 Å². The third-order valence-corrected chi connectivity index (χ3v) is 5.63. The number of aliphatic hydroxyl groups is 5. The first-order valence-corrected chi connectivity index (χ1v) is 8.16. The topological polar surface area (TPSA) is 129 Å². The van der Waals surface area contributed by atoms with Gasteiger partial charge in [-0.05, 0) is 32.3 Å². The molecule has 0 aromatic rings. The third kappa shape index (κ3) is 2.45. The van der Waals surface area contributed by atoms with Crippen LogP contribution in [0.15, 0.2) is 12.2 Å². The highest BCUT2D eigenvalue weighted by Crippen LogP contribution is 2.55. The zero-order chi connectivity index (χ0) is 17.9. The summed E-state index contributed by atoms with van der Waals surface area (Å²) in [5.74, 6) is 0. The van der Waals surface area contributed by atoms with Gasteiger partial charge in [-0.25, -0.2) is 0 Å². The lowest BCUT2D eigenvalue weighted by Crippen LogP contribution is -2.62. The highest BCUT2D eigenvalue weighted by atomic mass is 16.7. The van der Waals surface area contributed by atoms with Crippen molar-refractivity contribution >= 4 is 0 Å². The fourth-order valence-corrected chi connectivity index (χ4v) is 3.99. The quantitative estimate of drug-likeness (QED) is 0.386. The zero-order valence-electron chi connectivity index (χ0n) is 13.8. The molecule has 138 valence electrons. The SMILES string of the molecule is C=C(C)[C@]12CC[C@](C)(O1)[C@@H](O)[C@H]2O[C@@H]1O[C@H](CO)[C@@H](O)[C@H](O)[C@H]1O. The maximum atomic E-state index is 10.6. The molecule has 5 N–H and O–H groups in total. The number of hydrogen-bond acceptors (Lipinski definition) is 8. The van der Waals surface area contributed by atoms with Crippen LogP contribution in [0.5, 0.6) is 0 Å². The Bertz CT molecular complexity index is 510. The summed E-state index contributed by atoms with van der Waals surface area (Å²) in [5, 5.41) is 49.7. The molecule has 0 amide bonds. The van der Waals surface area contributed by atoms with Crippen LogP contribution in [0.3, 0.4) is 0 Å². The van der Waals surface area contributed by atoms with Crippen LogP contribution in [0.4, 0.5) is 0 Å². The van der Waals surface area contributed by atoms with E-state index in [0.717, 1.165) is 0 Å². The van der Waals surface area contributed by atoms with Crippen molar-refractivity contribution in [3.8, 4) is 0 Å². The Morgan fingerprint density at radius 3 is 2.42 bits per heavy atom. The summed E-state index contributed by atoms with van der Waals surface area (Å²) < 4.78 is 17.2. The Morgan fingerprint density at radius 1 is 1.17 bits per heavy atom. The Morgan fingerprint density at radius 2 is 1.83 bits per heavy atom. The monoisotopic (exact) mass is 346 g/mol. The van der Waals surface area contributed by atoms with E-state index < -0.39 is 60.7 Å². The minimum atomic E-state index is -1.53. The predicted molar refractivity (Wildman–Crippen MR) is 80.9 cm³/mol. The van der Waals surface area contributed by atoms with Crippen molar-refractivity contribution in [2.75, 3.05) is 6.61 Å². The van der Waals surface area contributed by atoms with Crippen molar-refractivity contribution in [2.45, 2.75) is 80.8 Å². The van der Waals surface area contributed by atoms with Crippen LogP contribution in [0, 0.1) is 0 Å². The van der Waals surface area contributed by atoms with E-state index in [9.17, 15) is 25.5 Å². The summed E-state index contributed by atoms with van der Waals surface area (Å²) in [6, 6.07) is 0. The maximum Gasteiger partial charge on any atom is 0.187 e. The van der Waals surface area contributed by atoms with E-state index in [4.69, 9.17) is 14.2 Å². The molecule has 0 saturated carbocycles. The standard InChI is InChI=1S/C16H26O8/c1-7(2)16-5-4-15(3,24-16)12(21)13(16)23-14-11(20)10(19)9(18)8(6-17)22-14/h8-14,17-21H,1,4-6H2,2-3H3/t8-,9-,10+,11-,12+,13-,14+,15+,16+/m1/s1. The number of hydrogen-bond donors (Lipinski definition) is 5. The second-order valence-electron chi connectivity index (χ2n) is 7.28. The van der Waals surface area contributed by atoms with Gasteiger partial charge >= 0.3 is 0 Å². The molecule has 3 rings (SSSR count). The van der Waals surface area contributed by atoms with Gasteiger partial charge in [0.1, 0.15) is 42.2 Å². The molecule has 3 saturated heterocycles. The van der Waals surface area contributed by atoms with Crippen molar-refractivity contribution in [2.24, 2.45) is 0 Å². The molecule has 3 heterocycles. The predicted octanol–water partition coefficient (Wildman–Crippen LogP) is -1.57.